The van der Waals surface area contributed by atoms with Gasteiger partial charge >= 0.3 is 0 Å². The Balaban J connectivity index is 1.91. The first kappa shape index (κ1) is 18.9. The van der Waals surface area contributed by atoms with Crippen molar-refractivity contribution in [3.63, 3.8) is 0 Å². The molecule has 0 radical (unpaired) electrons. The number of aryl methyl sites for hydroxylation is 1. The van der Waals surface area contributed by atoms with Crippen LogP contribution in [0.15, 0.2) is 36.8 Å². The summed E-state index contributed by atoms with van der Waals surface area (Å²) in [7, 11) is -1.92. The van der Waals surface area contributed by atoms with Crippen molar-refractivity contribution in [3.8, 4) is 0 Å². The van der Waals surface area contributed by atoms with E-state index in [-0.39, 0.29) is 28.2 Å². The SMILES string of the molecule is Cn1cc(Nc2ncc(Cl)c(Nc3cccc(F)c3NS(C)(=O)=O)n2)cn1. The standard InChI is InChI=1S/C15H15ClFN7O2S/c1-24-8-9(6-19-24)20-15-18-7-10(16)14(22-15)21-12-5-3-4-11(17)13(12)23-27(2,25)26/h3-8,23H,1-2H3,(H2,18,20,21,22). The van der Waals surface area contributed by atoms with E-state index in [2.05, 4.69) is 30.4 Å². The van der Waals surface area contributed by atoms with E-state index in [0.29, 0.717) is 5.69 Å². The summed E-state index contributed by atoms with van der Waals surface area (Å²) in [5.74, 6) is -0.353. The molecule has 0 aliphatic heterocycles. The second kappa shape index (κ2) is 7.37. The fourth-order valence-corrected chi connectivity index (χ4v) is 2.89. The Hall–Kier alpha value is -2.92. The molecule has 12 heteroatoms. The zero-order valence-electron chi connectivity index (χ0n) is 14.2. The van der Waals surface area contributed by atoms with E-state index in [4.69, 9.17) is 11.6 Å². The number of aromatic nitrogens is 4. The summed E-state index contributed by atoms with van der Waals surface area (Å²) in [5, 5.41) is 9.97. The van der Waals surface area contributed by atoms with Crippen LogP contribution in [0, 0.1) is 5.82 Å². The van der Waals surface area contributed by atoms with Crippen LogP contribution >= 0.6 is 11.6 Å². The van der Waals surface area contributed by atoms with E-state index >= 15 is 0 Å². The topological polar surface area (TPSA) is 114 Å². The van der Waals surface area contributed by atoms with Crippen LogP contribution in [-0.2, 0) is 17.1 Å². The smallest absolute Gasteiger partial charge is 0.229 e. The van der Waals surface area contributed by atoms with Crippen molar-refractivity contribution in [2.24, 2.45) is 7.05 Å². The molecule has 3 rings (SSSR count). The fraction of sp³-hybridized carbons (Fsp3) is 0.133. The fourth-order valence-electron chi connectivity index (χ4n) is 2.17. The Labute approximate surface area is 159 Å². The highest BCUT2D eigenvalue weighted by Gasteiger charge is 2.15. The largest absolute Gasteiger partial charge is 0.337 e. The van der Waals surface area contributed by atoms with Gasteiger partial charge in [-0.1, -0.05) is 17.7 Å². The number of halogens is 2. The highest BCUT2D eigenvalue weighted by molar-refractivity contribution is 7.92. The maximum absolute atomic E-state index is 14.1. The van der Waals surface area contributed by atoms with Crippen molar-refractivity contribution in [1.82, 2.24) is 19.7 Å². The highest BCUT2D eigenvalue weighted by Crippen LogP contribution is 2.31. The minimum absolute atomic E-state index is 0.147. The summed E-state index contributed by atoms with van der Waals surface area (Å²) in [4.78, 5) is 8.31. The van der Waals surface area contributed by atoms with Gasteiger partial charge < -0.3 is 10.6 Å². The van der Waals surface area contributed by atoms with Crippen LogP contribution in [-0.4, -0.2) is 34.4 Å². The van der Waals surface area contributed by atoms with Crippen LogP contribution in [0.25, 0.3) is 0 Å². The third-order valence-electron chi connectivity index (χ3n) is 3.26. The molecule has 0 aliphatic rings. The molecule has 142 valence electrons. The lowest BCUT2D eigenvalue weighted by molar-refractivity contribution is 0.604. The Kier molecular flexibility index (Phi) is 5.15. The molecule has 0 bridgehead atoms. The second-order valence-corrected chi connectivity index (χ2v) is 7.74. The van der Waals surface area contributed by atoms with Crippen LogP contribution in [0.3, 0.4) is 0 Å². The van der Waals surface area contributed by atoms with Gasteiger partial charge in [0.05, 0.1) is 30.0 Å². The molecule has 3 aromatic rings. The van der Waals surface area contributed by atoms with Crippen LogP contribution in [0.1, 0.15) is 0 Å². The number of nitrogens with one attached hydrogen (secondary N) is 3. The Morgan fingerprint density at radius 3 is 2.67 bits per heavy atom. The quantitative estimate of drug-likeness (QED) is 0.571. The molecule has 2 aromatic heterocycles. The highest BCUT2D eigenvalue weighted by atomic mass is 35.5. The van der Waals surface area contributed by atoms with Crippen molar-refractivity contribution < 1.29 is 12.8 Å². The summed E-state index contributed by atoms with van der Waals surface area (Å²) in [6.07, 6.45) is 5.60. The number of hydrogen-bond acceptors (Lipinski definition) is 7. The van der Waals surface area contributed by atoms with Gasteiger partial charge in [-0.3, -0.25) is 9.40 Å². The van der Waals surface area contributed by atoms with E-state index in [1.165, 1.54) is 18.3 Å². The van der Waals surface area contributed by atoms with Gasteiger partial charge in [0.15, 0.2) is 5.82 Å². The van der Waals surface area contributed by atoms with Gasteiger partial charge in [-0.15, -0.1) is 0 Å². The number of para-hydroxylation sites is 1. The number of hydrogen-bond donors (Lipinski definition) is 3. The normalized spacial score (nSPS) is 11.3. The van der Waals surface area contributed by atoms with Crippen molar-refractivity contribution >= 4 is 50.5 Å². The minimum atomic E-state index is -3.69. The Bertz CT molecular complexity index is 1090. The maximum Gasteiger partial charge on any atom is 0.229 e. The minimum Gasteiger partial charge on any atom is -0.337 e. The average Bonchev–Trinajstić information content (AvgIpc) is 2.98. The molecule has 0 amide bonds. The zero-order chi connectivity index (χ0) is 19.6. The van der Waals surface area contributed by atoms with Crippen LogP contribution in [0.2, 0.25) is 5.02 Å². The molecule has 0 aliphatic carbocycles. The molecule has 3 N–H and O–H groups in total. The molecular formula is C15H15ClFN7O2S. The van der Waals surface area contributed by atoms with E-state index in [9.17, 15) is 12.8 Å². The predicted molar refractivity (Wildman–Crippen MR) is 102 cm³/mol. The molecular weight excluding hydrogens is 397 g/mol. The lowest BCUT2D eigenvalue weighted by Crippen LogP contribution is -2.13. The van der Waals surface area contributed by atoms with Crippen molar-refractivity contribution in [1.29, 1.82) is 0 Å². The molecule has 0 saturated carbocycles. The lowest BCUT2D eigenvalue weighted by atomic mass is 10.2. The second-order valence-electron chi connectivity index (χ2n) is 5.58. The molecule has 27 heavy (non-hydrogen) atoms. The summed E-state index contributed by atoms with van der Waals surface area (Å²) >= 11 is 6.11. The number of rotatable bonds is 6. The zero-order valence-corrected chi connectivity index (χ0v) is 15.8. The summed E-state index contributed by atoms with van der Waals surface area (Å²) in [6, 6.07) is 4.05. The molecule has 0 spiro atoms. The first-order valence-corrected chi connectivity index (χ1v) is 9.80. The predicted octanol–water partition coefficient (Wildman–Crippen LogP) is 2.86. The maximum atomic E-state index is 14.1. The molecule has 9 nitrogen and oxygen atoms in total. The van der Waals surface area contributed by atoms with Crippen molar-refractivity contribution in [3.05, 3.63) is 47.6 Å². The van der Waals surface area contributed by atoms with Gasteiger partial charge in [-0.2, -0.15) is 10.1 Å². The molecule has 0 saturated heterocycles. The van der Waals surface area contributed by atoms with Gasteiger partial charge in [0, 0.05) is 13.2 Å². The number of nitrogens with zero attached hydrogens (tertiary/aromatic N) is 4. The molecule has 1 aromatic carbocycles. The van der Waals surface area contributed by atoms with Gasteiger partial charge in [0.1, 0.15) is 16.5 Å². The molecule has 2 heterocycles. The molecule has 0 fully saturated rings. The van der Waals surface area contributed by atoms with Gasteiger partial charge in [0.25, 0.3) is 0 Å². The number of benzene rings is 1. The third kappa shape index (κ3) is 4.83. The van der Waals surface area contributed by atoms with Crippen LogP contribution in [0.4, 0.5) is 33.2 Å². The number of anilines is 5. The monoisotopic (exact) mass is 411 g/mol. The van der Waals surface area contributed by atoms with E-state index < -0.39 is 15.8 Å². The number of sulfonamides is 1. The Morgan fingerprint density at radius 2 is 2.00 bits per heavy atom. The van der Waals surface area contributed by atoms with Gasteiger partial charge in [-0.05, 0) is 12.1 Å². The average molecular weight is 412 g/mol. The Morgan fingerprint density at radius 1 is 1.22 bits per heavy atom. The van der Waals surface area contributed by atoms with E-state index in [0.717, 1.165) is 12.3 Å². The summed E-state index contributed by atoms with van der Waals surface area (Å²) in [6.45, 7) is 0. The molecule has 0 atom stereocenters. The summed E-state index contributed by atoms with van der Waals surface area (Å²) < 4.78 is 40.9. The lowest BCUT2D eigenvalue weighted by Gasteiger charge is -2.14. The first-order chi connectivity index (χ1) is 12.7. The molecule has 0 unspecified atom stereocenters. The van der Waals surface area contributed by atoms with Gasteiger partial charge in [0.2, 0.25) is 16.0 Å². The van der Waals surface area contributed by atoms with Crippen LogP contribution < -0.4 is 15.4 Å². The van der Waals surface area contributed by atoms with Crippen LogP contribution in [0.5, 0.6) is 0 Å². The first-order valence-electron chi connectivity index (χ1n) is 7.53. The van der Waals surface area contributed by atoms with Crippen molar-refractivity contribution in [2.45, 2.75) is 0 Å². The van der Waals surface area contributed by atoms with E-state index in [1.54, 1.807) is 24.1 Å². The van der Waals surface area contributed by atoms with Gasteiger partial charge in [-0.25, -0.2) is 17.8 Å². The van der Waals surface area contributed by atoms with Crippen molar-refractivity contribution in [2.75, 3.05) is 21.6 Å². The van der Waals surface area contributed by atoms with E-state index in [1.807, 2.05) is 0 Å². The third-order valence-corrected chi connectivity index (χ3v) is 4.11. The summed E-state index contributed by atoms with van der Waals surface area (Å²) in [5.41, 5.74) is 0.570.